The lowest BCUT2D eigenvalue weighted by molar-refractivity contribution is 0.163. The van der Waals surface area contributed by atoms with Gasteiger partial charge >= 0.3 is 6.09 Å². The van der Waals surface area contributed by atoms with E-state index in [4.69, 9.17) is 4.74 Å². The molecule has 1 amide bonds. The van der Waals surface area contributed by atoms with Gasteiger partial charge in [-0.1, -0.05) is 66.7 Å². The Bertz CT molecular complexity index is 1110. The molecule has 0 unspecified atom stereocenters. The van der Waals surface area contributed by atoms with Gasteiger partial charge in [0.1, 0.15) is 5.75 Å². The second-order valence-electron chi connectivity index (χ2n) is 9.22. The van der Waals surface area contributed by atoms with Crippen LogP contribution in [0.2, 0.25) is 0 Å². The summed E-state index contributed by atoms with van der Waals surface area (Å²) in [5.41, 5.74) is 7.80. The summed E-state index contributed by atoms with van der Waals surface area (Å²) in [5, 5.41) is 0. The van der Waals surface area contributed by atoms with Crippen LogP contribution in [0.15, 0.2) is 78.9 Å². The second kappa shape index (κ2) is 10.7. The summed E-state index contributed by atoms with van der Waals surface area (Å²) in [4.78, 5) is 16.4. The predicted octanol–water partition coefficient (Wildman–Crippen LogP) is 6.36. The number of carbonyl (C=O) groups excluding carboxylic acids is 1. The third kappa shape index (κ3) is 5.40. The van der Waals surface area contributed by atoms with Crippen molar-refractivity contribution in [2.75, 3.05) is 27.7 Å². The van der Waals surface area contributed by atoms with E-state index in [-0.39, 0.29) is 6.09 Å². The Balaban J connectivity index is 1.43. The summed E-state index contributed by atoms with van der Waals surface area (Å²) in [6, 6.07) is 25.4. The maximum Gasteiger partial charge on any atom is 0.414 e. The molecular formula is C30H34N2O2. The molecule has 176 valence electrons. The molecule has 1 atom stereocenters. The zero-order valence-electron chi connectivity index (χ0n) is 20.6. The van der Waals surface area contributed by atoms with Crippen molar-refractivity contribution in [1.29, 1.82) is 0 Å². The van der Waals surface area contributed by atoms with E-state index in [0.29, 0.717) is 18.3 Å². The number of aryl methyl sites for hydroxylation is 2. The van der Waals surface area contributed by atoms with E-state index in [0.717, 1.165) is 19.3 Å². The van der Waals surface area contributed by atoms with Gasteiger partial charge in [0.25, 0.3) is 0 Å². The first-order chi connectivity index (χ1) is 16.4. The first kappa shape index (κ1) is 23.8. The van der Waals surface area contributed by atoms with Crippen LogP contribution in [0.25, 0.3) is 5.57 Å². The van der Waals surface area contributed by atoms with E-state index in [2.05, 4.69) is 80.5 Å². The maximum atomic E-state index is 12.6. The van der Waals surface area contributed by atoms with E-state index < -0.39 is 0 Å². The Kier molecular flexibility index (Phi) is 7.49. The average Bonchev–Trinajstić information content (AvgIpc) is 3.01. The molecule has 0 N–H and O–H groups in total. The third-order valence-corrected chi connectivity index (χ3v) is 6.75. The van der Waals surface area contributed by atoms with Crippen LogP contribution >= 0.6 is 0 Å². The highest BCUT2D eigenvalue weighted by atomic mass is 16.6. The number of nitrogens with zero attached hydrogens (tertiary/aromatic N) is 2. The molecule has 4 rings (SSSR count). The predicted molar refractivity (Wildman–Crippen MR) is 139 cm³/mol. The molecule has 3 aromatic carbocycles. The molecule has 0 aromatic heterocycles. The fourth-order valence-electron chi connectivity index (χ4n) is 4.42. The van der Waals surface area contributed by atoms with Crippen LogP contribution in [0.3, 0.4) is 0 Å². The van der Waals surface area contributed by atoms with Gasteiger partial charge in [-0.15, -0.1) is 0 Å². The zero-order valence-corrected chi connectivity index (χ0v) is 20.6. The van der Waals surface area contributed by atoms with E-state index >= 15 is 0 Å². The molecule has 3 aromatic rings. The largest absolute Gasteiger partial charge is 0.414 e. The Morgan fingerprint density at radius 2 is 1.44 bits per heavy atom. The Morgan fingerprint density at radius 1 is 0.882 bits per heavy atom. The van der Waals surface area contributed by atoms with Crippen molar-refractivity contribution >= 4 is 11.7 Å². The number of ether oxygens (including phenoxy) is 1. The van der Waals surface area contributed by atoms with Gasteiger partial charge in [0.2, 0.25) is 0 Å². The highest BCUT2D eigenvalue weighted by Gasteiger charge is 2.18. The normalized spacial score (nSPS) is 13.5. The lowest BCUT2D eigenvalue weighted by Gasteiger charge is -2.20. The Labute approximate surface area is 203 Å². The van der Waals surface area contributed by atoms with Crippen molar-refractivity contribution in [3.05, 3.63) is 107 Å². The summed E-state index contributed by atoms with van der Waals surface area (Å²) in [5.74, 6) is 0.566. The number of benzene rings is 3. The van der Waals surface area contributed by atoms with E-state index in [1.165, 1.54) is 33.4 Å². The lowest BCUT2D eigenvalue weighted by atomic mass is 9.93. The number of hydrogen-bond donors (Lipinski definition) is 0. The molecule has 0 radical (unpaired) electrons. The molecule has 0 saturated heterocycles. The van der Waals surface area contributed by atoms with Gasteiger partial charge in [-0.05, 0) is 85.8 Å². The molecule has 0 saturated carbocycles. The fourth-order valence-corrected chi connectivity index (χ4v) is 4.42. The zero-order chi connectivity index (χ0) is 24.1. The molecule has 0 fully saturated rings. The van der Waals surface area contributed by atoms with Crippen molar-refractivity contribution in [1.82, 2.24) is 9.80 Å². The first-order valence-electron chi connectivity index (χ1n) is 12.0. The molecule has 1 aliphatic rings. The molecule has 4 heteroatoms. The number of carbonyl (C=O) groups is 1. The van der Waals surface area contributed by atoms with Crippen molar-refractivity contribution in [3.63, 3.8) is 0 Å². The molecule has 0 heterocycles. The van der Waals surface area contributed by atoms with Crippen LogP contribution in [0, 0.1) is 0 Å². The highest BCUT2D eigenvalue weighted by molar-refractivity contribution is 5.84. The SMILES string of the molecule is C[C@@H](c1ccc(OC(=O)N(C)CCC=C2c3ccccc3CCc3ccccc32)cc1)N(C)C. The van der Waals surface area contributed by atoms with Crippen molar-refractivity contribution in [2.24, 2.45) is 0 Å². The first-order valence-corrected chi connectivity index (χ1v) is 12.0. The number of amides is 1. The van der Waals surface area contributed by atoms with Crippen LogP contribution in [0.4, 0.5) is 4.79 Å². The van der Waals surface area contributed by atoms with E-state index in [1.807, 2.05) is 24.3 Å². The lowest BCUT2D eigenvalue weighted by Crippen LogP contribution is -2.30. The summed E-state index contributed by atoms with van der Waals surface area (Å²) in [6.07, 6.45) is 4.77. The molecule has 0 spiro atoms. The van der Waals surface area contributed by atoms with Crippen LogP contribution < -0.4 is 4.74 Å². The van der Waals surface area contributed by atoms with Gasteiger partial charge in [-0.3, -0.25) is 0 Å². The topological polar surface area (TPSA) is 32.8 Å². The maximum absolute atomic E-state index is 12.6. The number of rotatable bonds is 6. The van der Waals surface area contributed by atoms with Crippen LogP contribution in [-0.4, -0.2) is 43.6 Å². The molecule has 34 heavy (non-hydrogen) atoms. The fraction of sp³-hybridized carbons (Fsp3) is 0.300. The smallest absolute Gasteiger partial charge is 0.410 e. The molecular weight excluding hydrogens is 420 g/mol. The van der Waals surface area contributed by atoms with Crippen molar-refractivity contribution < 1.29 is 9.53 Å². The molecule has 0 bridgehead atoms. The van der Waals surface area contributed by atoms with Crippen molar-refractivity contribution in [2.45, 2.75) is 32.2 Å². The van der Waals surface area contributed by atoms with Crippen LogP contribution in [0.1, 0.15) is 47.2 Å². The monoisotopic (exact) mass is 454 g/mol. The summed E-state index contributed by atoms with van der Waals surface area (Å²) < 4.78 is 5.60. The molecule has 0 aliphatic heterocycles. The minimum absolute atomic E-state index is 0.305. The molecule has 1 aliphatic carbocycles. The summed E-state index contributed by atoms with van der Waals surface area (Å²) in [7, 11) is 5.89. The van der Waals surface area contributed by atoms with Gasteiger partial charge in [0.05, 0.1) is 0 Å². The minimum atomic E-state index is -0.339. The quantitative estimate of drug-likeness (QED) is 0.434. The van der Waals surface area contributed by atoms with Gasteiger partial charge in [-0.2, -0.15) is 0 Å². The van der Waals surface area contributed by atoms with Crippen LogP contribution in [-0.2, 0) is 12.8 Å². The summed E-state index contributed by atoms with van der Waals surface area (Å²) in [6.45, 7) is 2.73. The van der Waals surface area contributed by atoms with Crippen molar-refractivity contribution in [3.8, 4) is 5.75 Å². The number of fused-ring (bicyclic) bond motifs is 2. The third-order valence-electron chi connectivity index (χ3n) is 6.75. The van der Waals surface area contributed by atoms with Gasteiger partial charge in [0.15, 0.2) is 0 Å². The van der Waals surface area contributed by atoms with Crippen LogP contribution in [0.5, 0.6) is 5.75 Å². The average molecular weight is 455 g/mol. The second-order valence-corrected chi connectivity index (χ2v) is 9.22. The summed E-state index contributed by atoms with van der Waals surface area (Å²) >= 11 is 0. The number of hydrogen-bond acceptors (Lipinski definition) is 3. The van der Waals surface area contributed by atoms with E-state index in [1.54, 1.807) is 11.9 Å². The van der Waals surface area contributed by atoms with E-state index in [9.17, 15) is 4.79 Å². The van der Waals surface area contributed by atoms with Gasteiger partial charge in [-0.25, -0.2) is 4.79 Å². The highest BCUT2D eigenvalue weighted by Crippen LogP contribution is 2.33. The Hall–Kier alpha value is -3.37. The molecule has 4 nitrogen and oxygen atoms in total. The van der Waals surface area contributed by atoms with Gasteiger partial charge in [0, 0.05) is 19.6 Å². The minimum Gasteiger partial charge on any atom is -0.410 e. The Morgan fingerprint density at radius 3 is 2.00 bits per heavy atom. The standard InChI is InChI=1S/C30H34N2O2/c1-22(31(2)3)23-17-19-26(20-18-23)34-30(33)32(4)21-9-14-29-27-12-7-5-10-24(27)15-16-25-11-6-8-13-28(25)29/h5-8,10-14,17-20,22H,9,15-16,21H2,1-4H3/t22-/m0/s1. The van der Waals surface area contributed by atoms with Gasteiger partial charge < -0.3 is 14.5 Å².